The number of hydrogen-bond acceptors (Lipinski definition) is 7. The summed E-state index contributed by atoms with van der Waals surface area (Å²) in [6, 6.07) is 10.8. The van der Waals surface area contributed by atoms with Crippen molar-refractivity contribution in [2.45, 2.75) is 18.9 Å². The molecule has 2 fully saturated rings. The van der Waals surface area contributed by atoms with Crippen molar-refractivity contribution in [3.63, 3.8) is 0 Å². The molecule has 7 rings (SSSR count). The van der Waals surface area contributed by atoms with Crippen LogP contribution in [0.5, 0.6) is 0 Å². The second kappa shape index (κ2) is 9.51. The van der Waals surface area contributed by atoms with Gasteiger partial charge in [0.1, 0.15) is 23.3 Å². The number of aromatic amines is 1. The predicted molar refractivity (Wildman–Crippen MR) is 146 cm³/mol. The number of para-hydroxylation sites is 1. The minimum Gasteiger partial charge on any atom is -0.378 e. The third kappa shape index (κ3) is 3.88. The summed E-state index contributed by atoms with van der Waals surface area (Å²) in [4.78, 5) is 43.5. The Kier molecular flexibility index (Phi) is 5.82. The lowest BCUT2D eigenvalue weighted by Crippen LogP contribution is -2.40. The van der Waals surface area contributed by atoms with Gasteiger partial charge in [-0.05, 0) is 31.0 Å². The van der Waals surface area contributed by atoms with Gasteiger partial charge in [0.25, 0.3) is 11.5 Å². The summed E-state index contributed by atoms with van der Waals surface area (Å²) in [6.07, 6.45) is 6.52. The Labute approximate surface area is 227 Å². The molecule has 6 heterocycles. The molecule has 0 saturated carbocycles. The third-order valence-electron chi connectivity index (χ3n) is 7.48. The van der Waals surface area contributed by atoms with E-state index in [9.17, 15) is 9.59 Å². The van der Waals surface area contributed by atoms with Crippen LogP contribution in [0.3, 0.4) is 0 Å². The fraction of sp³-hybridized carbons (Fsp3) is 0.296. The number of carbonyl (C=O) groups is 1. The number of fused-ring (bicyclic) bond motifs is 2. The lowest BCUT2D eigenvalue weighted by atomic mass is 10.1. The summed E-state index contributed by atoms with van der Waals surface area (Å²) in [5.74, 6) is 1.13. The highest BCUT2D eigenvalue weighted by Gasteiger charge is 2.35. The standard InChI is InChI=1S/C27H25ClN8O3/c28-19-8-10-35-22(19)27(38)36(17-5-2-1-3-6-17)24(32-35)20-7-4-9-34(20)25-21-18(15-29-23(21)30-16-31-25)26(37)33-11-13-39-14-12-33/h1-3,5-6,8,10,15-16,20H,4,7,9,11-14H2,(H,29,30,31)/t20-/m0/s1. The predicted octanol–water partition coefficient (Wildman–Crippen LogP) is 3.22. The highest BCUT2D eigenvalue weighted by Crippen LogP contribution is 2.39. The van der Waals surface area contributed by atoms with Crippen LogP contribution >= 0.6 is 11.6 Å². The van der Waals surface area contributed by atoms with Gasteiger partial charge in [0.2, 0.25) is 0 Å². The summed E-state index contributed by atoms with van der Waals surface area (Å²) in [7, 11) is 0. The maximum Gasteiger partial charge on any atom is 0.284 e. The molecule has 11 nitrogen and oxygen atoms in total. The number of nitrogens with one attached hydrogen (secondary N) is 1. The van der Waals surface area contributed by atoms with Gasteiger partial charge in [-0.3, -0.25) is 14.2 Å². The molecule has 39 heavy (non-hydrogen) atoms. The van der Waals surface area contributed by atoms with Crippen LogP contribution in [0, 0.1) is 0 Å². The molecule has 12 heteroatoms. The van der Waals surface area contributed by atoms with Gasteiger partial charge in [0.15, 0.2) is 5.82 Å². The number of rotatable bonds is 4. The minimum absolute atomic E-state index is 0.0842. The Hall–Kier alpha value is -4.22. The number of nitrogens with zero attached hydrogens (tertiary/aromatic N) is 7. The lowest BCUT2D eigenvalue weighted by Gasteiger charge is -2.29. The Morgan fingerprint density at radius 3 is 2.72 bits per heavy atom. The summed E-state index contributed by atoms with van der Waals surface area (Å²) >= 11 is 6.39. The van der Waals surface area contributed by atoms with Crippen LogP contribution in [-0.4, -0.2) is 72.8 Å². The second-order valence-electron chi connectivity index (χ2n) is 9.67. The van der Waals surface area contributed by atoms with Crippen molar-refractivity contribution in [3.05, 3.63) is 81.9 Å². The molecule has 1 aromatic carbocycles. The molecule has 0 radical (unpaired) electrons. The van der Waals surface area contributed by atoms with Gasteiger partial charge in [0.05, 0.1) is 40.9 Å². The average molecular weight is 545 g/mol. The molecule has 1 N–H and O–H groups in total. The van der Waals surface area contributed by atoms with Crippen LogP contribution in [0.15, 0.2) is 59.9 Å². The first-order chi connectivity index (χ1) is 19.1. The van der Waals surface area contributed by atoms with Crippen molar-refractivity contribution < 1.29 is 9.53 Å². The number of morpholine rings is 1. The first kappa shape index (κ1) is 23.9. The number of ether oxygens (including phenoxy) is 1. The molecule has 0 aliphatic carbocycles. The van der Waals surface area contributed by atoms with Gasteiger partial charge >= 0.3 is 0 Å². The van der Waals surface area contributed by atoms with E-state index in [2.05, 4.69) is 19.9 Å². The molecular weight excluding hydrogens is 520 g/mol. The van der Waals surface area contributed by atoms with Gasteiger partial charge < -0.3 is 19.5 Å². The second-order valence-corrected chi connectivity index (χ2v) is 10.1. The monoisotopic (exact) mass is 544 g/mol. The fourth-order valence-electron chi connectivity index (χ4n) is 5.65. The molecule has 198 valence electrons. The van der Waals surface area contributed by atoms with E-state index in [1.807, 2.05) is 30.3 Å². The highest BCUT2D eigenvalue weighted by atomic mass is 35.5. The highest BCUT2D eigenvalue weighted by molar-refractivity contribution is 6.33. The number of benzene rings is 1. The quantitative estimate of drug-likeness (QED) is 0.369. The van der Waals surface area contributed by atoms with Gasteiger partial charge in [-0.15, -0.1) is 0 Å². The third-order valence-corrected chi connectivity index (χ3v) is 7.78. The molecule has 4 aromatic heterocycles. The van der Waals surface area contributed by atoms with Gasteiger partial charge in [-0.2, -0.15) is 5.10 Å². The number of anilines is 1. The Morgan fingerprint density at radius 2 is 1.90 bits per heavy atom. The molecule has 0 unspecified atom stereocenters. The zero-order valence-corrected chi connectivity index (χ0v) is 21.7. The summed E-state index contributed by atoms with van der Waals surface area (Å²) in [5.41, 5.74) is 1.89. The van der Waals surface area contributed by atoms with Crippen molar-refractivity contribution in [1.29, 1.82) is 0 Å². The number of halogens is 1. The molecule has 0 bridgehead atoms. The van der Waals surface area contributed by atoms with E-state index >= 15 is 0 Å². The summed E-state index contributed by atoms with van der Waals surface area (Å²) in [5, 5.41) is 5.92. The molecular formula is C27H25ClN8O3. The largest absolute Gasteiger partial charge is 0.378 e. The average Bonchev–Trinajstić information content (AvgIpc) is 3.72. The number of carbonyl (C=O) groups excluding carboxylic acids is 1. The normalized spacial score (nSPS) is 17.9. The van der Waals surface area contributed by atoms with Gasteiger partial charge in [-0.25, -0.2) is 14.5 Å². The van der Waals surface area contributed by atoms with Crippen LogP contribution in [0.2, 0.25) is 5.02 Å². The number of H-pyrrole nitrogens is 1. The number of hydrogen-bond donors (Lipinski definition) is 1. The Morgan fingerprint density at radius 1 is 1.08 bits per heavy atom. The van der Waals surface area contributed by atoms with E-state index in [1.165, 1.54) is 6.33 Å². The van der Waals surface area contributed by atoms with E-state index < -0.39 is 0 Å². The minimum atomic E-state index is -0.275. The van der Waals surface area contributed by atoms with Crippen molar-refractivity contribution in [3.8, 4) is 5.69 Å². The van der Waals surface area contributed by atoms with Gasteiger partial charge in [0, 0.05) is 32.0 Å². The maximum absolute atomic E-state index is 13.8. The molecule has 0 spiro atoms. The first-order valence-corrected chi connectivity index (χ1v) is 13.3. The van der Waals surface area contributed by atoms with Crippen molar-refractivity contribution in [2.75, 3.05) is 37.7 Å². The molecule has 2 aliphatic rings. The topological polar surface area (TPSA) is 114 Å². The van der Waals surface area contributed by atoms with Crippen molar-refractivity contribution in [1.82, 2.24) is 34.0 Å². The van der Waals surface area contributed by atoms with E-state index in [4.69, 9.17) is 21.4 Å². The summed E-state index contributed by atoms with van der Waals surface area (Å²) < 4.78 is 8.62. The SMILES string of the molecule is O=C(c1c[nH]c2ncnc(N3CCC[C@H]3c3nn4ccc(Cl)c4c(=O)n3-c3ccccc3)c12)N1CCOCC1. The van der Waals surface area contributed by atoms with Crippen LogP contribution in [-0.2, 0) is 4.74 Å². The number of amides is 1. The van der Waals surface area contributed by atoms with Crippen LogP contribution < -0.4 is 10.5 Å². The zero-order valence-electron chi connectivity index (χ0n) is 21.0. The molecule has 2 saturated heterocycles. The van der Waals surface area contributed by atoms with Crippen LogP contribution in [0.4, 0.5) is 5.82 Å². The van der Waals surface area contributed by atoms with Crippen LogP contribution in [0.25, 0.3) is 22.2 Å². The van der Waals surface area contributed by atoms with E-state index in [0.717, 1.165) is 12.8 Å². The van der Waals surface area contributed by atoms with E-state index in [1.54, 1.807) is 32.4 Å². The maximum atomic E-state index is 13.8. The first-order valence-electron chi connectivity index (χ1n) is 12.9. The molecule has 1 atom stereocenters. The van der Waals surface area contributed by atoms with Gasteiger partial charge in [-0.1, -0.05) is 29.8 Å². The van der Waals surface area contributed by atoms with Crippen molar-refractivity contribution in [2.24, 2.45) is 0 Å². The number of aromatic nitrogens is 6. The van der Waals surface area contributed by atoms with Crippen molar-refractivity contribution >= 4 is 39.9 Å². The Balaban J connectivity index is 1.39. The van der Waals surface area contributed by atoms with Crippen LogP contribution in [0.1, 0.15) is 35.1 Å². The smallest absolute Gasteiger partial charge is 0.284 e. The molecule has 1 amide bonds. The molecule has 2 aliphatic heterocycles. The zero-order chi connectivity index (χ0) is 26.5. The van der Waals surface area contributed by atoms with E-state index in [0.29, 0.717) is 77.3 Å². The molecule has 5 aromatic rings. The fourth-order valence-corrected chi connectivity index (χ4v) is 5.87. The lowest BCUT2D eigenvalue weighted by molar-refractivity contribution is 0.0304. The van der Waals surface area contributed by atoms with E-state index in [-0.39, 0.29) is 17.5 Å². The summed E-state index contributed by atoms with van der Waals surface area (Å²) in [6.45, 7) is 2.78. The Bertz CT molecular complexity index is 1760.